The number of hydrogen-bond acceptors (Lipinski definition) is 5. The van der Waals surface area contributed by atoms with Gasteiger partial charge in [-0.25, -0.2) is 13.1 Å². The molecule has 0 aliphatic carbocycles. The van der Waals surface area contributed by atoms with Crippen LogP contribution < -0.4 is 5.73 Å². The molecule has 1 aromatic rings. The maximum Gasteiger partial charge on any atom is 0.211 e. The van der Waals surface area contributed by atoms with Crippen molar-refractivity contribution in [2.75, 3.05) is 19.3 Å². The first kappa shape index (κ1) is 10.5. The van der Waals surface area contributed by atoms with Crippen LogP contribution in [0.1, 0.15) is 11.7 Å². The van der Waals surface area contributed by atoms with Crippen LogP contribution in [-0.2, 0) is 16.6 Å². The second-order valence-electron chi connectivity index (χ2n) is 3.63. The fourth-order valence-electron chi connectivity index (χ4n) is 1.44. The molecule has 1 saturated heterocycles. The van der Waals surface area contributed by atoms with Gasteiger partial charge in [0.25, 0.3) is 0 Å². The van der Waals surface area contributed by atoms with Crippen LogP contribution in [0.25, 0.3) is 0 Å². The average molecular weight is 231 g/mol. The third kappa shape index (κ3) is 2.01. The zero-order chi connectivity index (χ0) is 11.1. The summed E-state index contributed by atoms with van der Waals surface area (Å²) >= 11 is 0. The smallest absolute Gasteiger partial charge is 0.211 e. The molecule has 84 valence electrons. The van der Waals surface area contributed by atoms with Gasteiger partial charge in [0.1, 0.15) is 0 Å². The SMILES string of the molecule is CS(=O)(=O)N1CC(n2cc(CN)nn2)C1. The molecule has 0 bridgehead atoms. The van der Waals surface area contributed by atoms with Gasteiger partial charge >= 0.3 is 0 Å². The van der Waals surface area contributed by atoms with Crippen LogP contribution in [0.3, 0.4) is 0 Å². The van der Waals surface area contributed by atoms with Crippen LogP contribution in [0.4, 0.5) is 0 Å². The fraction of sp³-hybridized carbons (Fsp3) is 0.714. The van der Waals surface area contributed by atoms with Crippen molar-refractivity contribution in [3.05, 3.63) is 11.9 Å². The van der Waals surface area contributed by atoms with E-state index in [0.29, 0.717) is 25.3 Å². The van der Waals surface area contributed by atoms with Gasteiger partial charge in [-0.2, -0.15) is 4.31 Å². The summed E-state index contributed by atoms with van der Waals surface area (Å²) in [5.74, 6) is 0. The second-order valence-corrected chi connectivity index (χ2v) is 5.61. The van der Waals surface area contributed by atoms with E-state index in [2.05, 4.69) is 10.3 Å². The van der Waals surface area contributed by atoms with Crippen molar-refractivity contribution < 1.29 is 8.42 Å². The molecule has 1 fully saturated rings. The van der Waals surface area contributed by atoms with Crippen LogP contribution in [0.15, 0.2) is 6.20 Å². The summed E-state index contributed by atoms with van der Waals surface area (Å²) in [6.45, 7) is 1.28. The third-order valence-corrected chi connectivity index (χ3v) is 3.67. The summed E-state index contributed by atoms with van der Waals surface area (Å²) in [5.41, 5.74) is 6.11. The second kappa shape index (κ2) is 3.54. The van der Waals surface area contributed by atoms with E-state index in [1.54, 1.807) is 10.9 Å². The van der Waals surface area contributed by atoms with Gasteiger partial charge in [0, 0.05) is 19.6 Å². The lowest BCUT2D eigenvalue weighted by molar-refractivity contribution is 0.190. The van der Waals surface area contributed by atoms with Gasteiger partial charge in [-0.3, -0.25) is 0 Å². The molecule has 0 spiro atoms. The minimum absolute atomic E-state index is 0.0903. The molecular formula is C7H13N5O2S. The Kier molecular flexibility index (Phi) is 2.49. The Bertz CT molecular complexity index is 448. The number of aromatic nitrogens is 3. The van der Waals surface area contributed by atoms with Crippen molar-refractivity contribution in [1.82, 2.24) is 19.3 Å². The standard InChI is InChI=1S/C7H13N5O2S/c1-15(13,14)11-4-7(5-11)12-3-6(2-8)9-10-12/h3,7H,2,4-5,8H2,1H3. The van der Waals surface area contributed by atoms with Gasteiger partial charge in [-0.05, 0) is 0 Å². The molecule has 7 nitrogen and oxygen atoms in total. The lowest BCUT2D eigenvalue weighted by atomic mass is 10.2. The lowest BCUT2D eigenvalue weighted by Crippen LogP contribution is -2.50. The van der Waals surface area contributed by atoms with Crippen LogP contribution >= 0.6 is 0 Å². The third-order valence-electron chi connectivity index (χ3n) is 2.44. The van der Waals surface area contributed by atoms with Crippen molar-refractivity contribution >= 4 is 10.0 Å². The maximum absolute atomic E-state index is 11.1. The summed E-state index contributed by atoms with van der Waals surface area (Å²) < 4.78 is 25.3. The van der Waals surface area contributed by atoms with E-state index in [-0.39, 0.29) is 6.04 Å². The number of rotatable bonds is 3. The van der Waals surface area contributed by atoms with E-state index < -0.39 is 10.0 Å². The van der Waals surface area contributed by atoms with E-state index in [4.69, 9.17) is 5.73 Å². The molecule has 0 amide bonds. The minimum Gasteiger partial charge on any atom is -0.325 e. The molecule has 1 aliphatic heterocycles. The fourth-order valence-corrected chi connectivity index (χ4v) is 2.33. The number of sulfonamides is 1. The Hall–Kier alpha value is -0.990. The predicted octanol–water partition coefficient (Wildman–Crippen LogP) is -1.45. The van der Waals surface area contributed by atoms with Gasteiger partial charge in [0.2, 0.25) is 10.0 Å². The quantitative estimate of drug-likeness (QED) is 0.687. The first-order chi connectivity index (χ1) is 7.00. The van der Waals surface area contributed by atoms with E-state index in [0.717, 1.165) is 0 Å². The van der Waals surface area contributed by atoms with Crippen LogP contribution in [0, 0.1) is 0 Å². The Morgan fingerprint density at radius 3 is 2.73 bits per heavy atom. The molecule has 0 atom stereocenters. The molecule has 1 aromatic heterocycles. The summed E-state index contributed by atoms with van der Waals surface area (Å²) in [4.78, 5) is 0. The molecule has 2 heterocycles. The molecule has 0 saturated carbocycles. The van der Waals surface area contributed by atoms with Crippen LogP contribution in [-0.4, -0.2) is 47.1 Å². The van der Waals surface area contributed by atoms with Crippen molar-refractivity contribution in [1.29, 1.82) is 0 Å². The van der Waals surface area contributed by atoms with Crippen LogP contribution in [0.2, 0.25) is 0 Å². The van der Waals surface area contributed by atoms with Crippen LogP contribution in [0.5, 0.6) is 0 Å². The number of nitrogens with zero attached hydrogens (tertiary/aromatic N) is 4. The first-order valence-corrected chi connectivity index (χ1v) is 6.41. The molecule has 2 N–H and O–H groups in total. The molecule has 0 unspecified atom stereocenters. The topological polar surface area (TPSA) is 94.1 Å². The van der Waals surface area contributed by atoms with Crippen molar-refractivity contribution in [2.24, 2.45) is 5.73 Å². The summed E-state index contributed by atoms with van der Waals surface area (Å²) in [7, 11) is -3.06. The van der Waals surface area contributed by atoms with Gasteiger partial charge < -0.3 is 5.73 Å². The molecule has 1 aliphatic rings. The maximum atomic E-state index is 11.1. The van der Waals surface area contributed by atoms with Crippen molar-refractivity contribution in [3.8, 4) is 0 Å². The van der Waals surface area contributed by atoms with E-state index >= 15 is 0 Å². The lowest BCUT2D eigenvalue weighted by Gasteiger charge is -2.36. The summed E-state index contributed by atoms with van der Waals surface area (Å²) in [6.07, 6.45) is 2.96. The largest absolute Gasteiger partial charge is 0.325 e. The monoisotopic (exact) mass is 231 g/mol. The number of nitrogens with two attached hydrogens (primary N) is 1. The highest BCUT2D eigenvalue weighted by Gasteiger charge is 2.34. The van der Waals surface area contributed by atoms with E-state index in [1.165, 1.54) is 10.6 Å². The van der Waals surface area contributed by atoms with Crippen molar-refractivity contribution in [3.63, 3.8) is 0 Å². The zero-order valence-corrected chi connectivity index (χ0v) is 9.18. The Morgan fingerprint density at radius 1 is 1.60 bits per heavy atom. The predicted molar refractivity (Wildman–Crippen MR) is 53.4 cm³/mol. The highest BCUT2D eigenvalue weighted by Crippen LogP contribution is 2.22. The molecule has 0 radical (unpaired) electrons. The molecule has 0 aromatic carbocycles. The highest BCUT2D eigenvalue weighted by atomic mass is 32.2. The summed E-state index contributed by atoms with van der Waals surface area (Å²) in [5, 5.41) is 7.74. The van der Waals surface area contributed by atoms with Crippen molar-refractivity contribution in [2.45, 2.75) is 12.6 Å². The minimum atomic E-state index is -3.06. The number of hydrogen-bond donors (Lipinski definition) is 1. The molecule has 15 heavy (non-hydrogen) atoms. The molecular weight excluding hydrogens is 218 g/mol. The van der Waals surface area contributed by atoms with Gasteiger partial charge in [0.05, 0.1) is 24.2 Å². The Labute approximate surface area is 87.9 Å². The zero-order valence-electron chi connectivity index (χ0n) is 8.37. The van der Waals surface area contributed by atoms with Gasteiger partial charge in [0.15, 0.2) is 0 Å². The van der Waals surface area contributed by atoms with Gasteiger partial charge in [-0.1, -0.05) is 5.21 Å². The van der Waals surface area contributed by atoms with E-state index in [9.17, 15) is 8.42 Å². The Morgan fingerprint density at radius 2 is 2.27 bits per heavy atom. The van der Waals surface area contributed by atoms with E-state index in [1.807, 2.05) is 0 Å². The normalized spacial score (nSPS) is 19.1. The molecule has 2 rings (SSSR count). The first-order valence-electron chi connectivity index (χ1n) is 4.56. The summed E-state index contributed by atoms with van der Waals surface area (Å²) in [6, 6.07) is 0.0903. The average Bonchev–Trinajstić information content (AvgIpc) is 2.47. The highest BCUT2D eigenvalue weighted by molar-refractivity contribution is 7.88. The Balaban J connectivity index is 2.00. The molecule has 8 heteroatoms. The van der Waals surface area contributed by atoms with Gasteiger partial charge in [-0.15, -0.1) is 5.10 Å².